The lowest BCUT2D eigenvalue weighted by molar-refractivity contribution is -0.136. The number of aryl methyl sites for hydroxylation is 1. The Morgan fingerprint density at radius 3 is 2.85 bits per heavy atom. The molecule has 2 aromatic heterocycles. The van der Waals surface area contributed by atoms with Crippen molar-refractivity contribution in [2.45, 2.75) is 6.42 Å². The first-order chi connectivity index (χ1) is 9.58. The van der Waals surface area contributed by atoms with Gasteiger partial charge in [0.1, 0.15) is 5.65 Å². The summed E-state index contributed by atoms with van der Waals surface area (Å²) in [6.45, 7) is 0. The summed E-state index contributed by atoms with van der Waals surface area (Å²) in [5, 5.41) is 9.90. The van der Waals surface area contributed by atoms with Crippen LogP contribution in [0.3, 0.4) is 0 Å². The van der Waals surface area contributed by atoms with Crippen LogP contribution in [0.15, 0.2) is 41.3 Å². The van der Waals surface area contributed by atoms with E-state index in [4.69, 9.17) is 5.11 Å². The van der Waals surface area contributed by atoms with Crippen molar-refractivity contribution >= 4 is 27.9 Å². The van der Waals surface area contributed by atoms with Gasteiger partial charge in [-0.1, -0.05) is 6.07 Å². The number of pyridine rings is 2. The van der Waals surface area contributed by atoms with Gasteiger partial charge in [0, 0.05) is 18.6 Å². The number of rotatable bonds is 2. The molecule has 20 heavy (non-hydrogen) atoms. The molecular weight excluding hydrogens is 256 g/mol. The number of carboxylic acid groups (broad SMARTS) is 1. The molecule has 0 unspecified atom stereocenters. The monoisotopic (exact) mass is 268 g/mol. The van der Waals surface area contributed by atoms with Crippen LogP contribution in [-0.2, 0) is 18.3 Å². The van der Waals surface area contributed by atoms with Crippen LogP contribution in [0.5, 0.6) is 0 Å². The number of benzene rings is 1. The Morgan fingerprint density at radius 1 is 1.30 bits per heavy atom. The van der Waals surface area contributed by atoms with Crippen molar-refractivity contribution in [3.63, 3.8) is 0 Å². The van der Waals surface area contributed by atoms with Gasteiger partial charge in [-0.05, 0) is 29.8 Å². The smallest absolute Gasteiger partial charge is 0.307 e. The minimum Gasteiger partial charge on any atom is -0.481 e. The SMILES string of the molecule is Cn1c2ccc(CC(=O)O)cc2c(=O)c2cccnc21. The third kappa shape index (κ3) is 1.84. The van der Waals surface area contributed by atoms with Crippen molar-refractivity contribution < 1.29 is 9.90 Å². The van der Waals surface area contributed by atoms with Gasteiger partial charge < -0.3 is 9.67 Å². The number of aliphatic carboxylic acids is 1. The number of carbonyl (C=O) groups is 1. The summed E-state index contributed by atoms with van der Waals surface area (Å²) in [5.41, 5.74) is 1.87. The lowest BCUT2D eigenvalue weighted by atomic mass is 10.1. The van der Waals surface area contributed by atoms with Gasteiger partial charge in [-0.3, -0.25) is 9.59 Å². The third-order valence-corrected chi connectivity index (χ3v) is 3.37. The zero-order valence-corrected chi connectivity index (χ0v) is 10.8. The van der Waals surface area contributed by atoms with E-state index < -0.39 is 5.97 Å². The van der Waals surface area contributed by atoms with Gasteiger partial charge in [-0.15, -0.1) is 0 Å². The zero-order chi connectivity index (χ0) is 14.3. The van der Waals surface area contributed by atoms with Gasteiger partial charge in [-0.25, -0.2) is 4.98 Å². The standard InChI is InChI=1S/C15H12N2O3/c1-17-12-5-4-9(8-13(18)19)7-11(12)14(20)10-3-2-6-16-15(10)17/h2-7H,8H2,1H3,(H,18,19). The normalized spacial score (nSPS) is 11.1. The fourth-order valence-corrected chi connectivity index (χ4v) is 2.44. The molecule has 100 valence electrons. The first-order valence-electron chi connectivity index (χ1n) is 6.16. The van der Waals surface area contributed by atoms with E-state index in [1.807, 2.05) is 11.6 Å². The Kier molecular flexibility index (Phi) is 2.75. The average molecular weight is 268 g/mol. The van der Waals surface area contributed by atoms with Gasteiger partial charge in [0.2, 0.25) is 0 Å². The maximum Gasteiger partial charge on any atom is 0.307 e. The van der Waals surface area contributed by atoms with Crippen LogP contribution in [0.2, 0.25) is 0 Å². The number of aromatic nitrogens is 2. The summed E-state index contributed by atoms with van der Waals surface area (Å²) in [6, 6.07) is 8.59. The highest BCUT2D eigenvalue weighted by Gasteiger charge is 2.10. The van der Waals surface area contributed by atoms with E-state index in [0.717, 1.165) is 5.52 Å². The summed E-state index contributed by atoms with van der Waals surface area (Å²) in [7, 11) is 1.84. The molecule has 0 aliphatic heterocycles. The molecule has 0 aliphatic carbocycles. The lowest BCUT2D eigenvalue weighted by Crippen LogP contribution is -2.11. The number of hydrogen-bond donors (Lipinski definition) is 1. The Bertz CT molecular complexity index is 897. The van der Waals surface area contributed by atoms with Crippen molar-refractivity contribution in [3.05, 3.63) is 52.3 Å². The number of hydrogen-bond acceptors (Lipinski definition) is 3. The molecule has 2 heterocycles. The van der Waals surface area contributed by atoms with Crippen molar-refractivity contribution in [2.24, 2.45) is 7.05 Å². The second-order valence-corrected chi connectivity index (χ2v) is 4.68. The molecule has 0 amide bonds. The summed E-state index contributed by atoms with van der Waals surface area (Å²) in [5.74, 6) is -0.913. The van der Waals surface area contributed by atoms with Crippen LogP contribution in [0.25, 0.3) is 21.9 Å². The molecule has 5 heteroatoms. The predicted molar refractivity (Wildman–Crippen MR) is 75.8 cm³/mol. The number of carboxylic acids is 1. The summed E-state index contributed by atoms with van der Waals surface area (Å²) >= 11 is 0. The Morgan fingerprint density at radius 2 is 2.10 bits per heavy atom. The summed E-state index contributed by atoms with van der Waals surface area (Å²) in [6.07, 6.45) is 1.55. The van der Waals surface area contributed by atoms with Crippen molar-refractivity contribution in [1.82, 2.24) is 9.55 Å². The van der Waals surface area contributed by atoms with Crippen LogP contribution in [0, 0.1) is 0 Å². The molecule has 0 aliphatic rings. The Balaban J connectivity index is 2.41. The van der Waals surface area contributed by atoms with E-state index in [2.05, 4.69) is 4.98 Å². The summed E-state index contributed by atoms with van der Waals surface area (Å²) in [4.78, 5) is 27.5. The lowest BCUT2D eigenvalue weighted by Gasteiger charge is -2.10. The molecule has 0 saturated heterocycles. The van der Waals surface area contributed by atoms with Gasteiger partial charge in [0.15, 0.2) is 5.43 Å². The van der Waals surface area contributed by atoms with Gasteiger partial charge in [0.25, 0.3) is 0 Å². The number of fused-ring (bicyclic) bond motifs is 2. The first kappa shape index (κ1) is 12.3. The molecule has 0 radical (unpaired) electrons. The molecule has 0 saturated carbocycles. The molecule has 1 N–H and O–H groups in total. The fraction of sp³-hybridized carbons (Fsp3) is 0.133. The zero-order valence-electron chi connectivity index (χ0n) is 10.8. The molecule has 0 bridgehead atoms. The highest BCUT2D eigenvalue weighted by atomic mass is 16.4. The number of nitrogens with zero attached hydrogens (tertiary/aromatic N) is 2. The van der Waals surface area contributed by atoms with E-state index in [0.29, 0.717) is 22.0 Å². The van der Waals surface area contributed by atoms with E-state index in [1.54, 1.807) is 36.5 Å². The Labute approximate surface area is 114 Å². The third-order valence-electron chi connectivity index (χ3n) is 3.37. The second-order valence-electron chi connectivity index (χ2n) is 4.68. The minimum absolute atomic E-state index is 0.0931. The Hall–Kier alpha value is -2.69. The van der Waals surface area contributed by atoms with Crippen molar-refractivity contribution in [3.8, 4) is 0 Å². The molecular formula is C15H12N2O3. The molecule has 1 aromatic carbocycles. The highest BCUT2D eigenvalue weighted by molar-refractivity contribution is 5.92. The topological polar surface area (TPSA) is 72.2 Å². The van der Waals surface area contributed by atoms with E-state index in [9.17, 15) is 9.59 Å². The minimum atomic E-state index is -0.913. The average Bonchev–Trinajstić information content (AvgIpc) is 2.44. The van der Waals surface area contributed by atoms with E-state index >= 15 is 0 Å². The van der Waals surface area contributed by atoms with Gasteiger partial charge in [0.05, 0.1) is 17.3 Å². The predicted octanol–water partition coefficient (Wildman–Crippen LogP) is 1.71. The largest absolute Gasteiger partial charge is 0.481 e. The molecule has 3 aromatic rings. The first-order valence-corrected chi connectivity index (χ1v) is 6.16. The van der Waals surface area contributed by atoms with Crippen LogP contribution < -0.4 is 5.43 Å². The molecule has 5 nitrogen and oxygen atoms in total. The molecule has 0 fully saturated rings. The highest BCUT2D eigenvalue weighted by Crippen LogP contribution is 2.17. The fourth-order valence-electron chi connectivity index (χ4n) is 2.44. The maximum absolute atomic E-state index is 12.5. The van der Waals surface area contributed by atoms with E-state index in [-0.39, 0.29) is 11.8 Å². The van der Waals surface area contributed by atoms with E-state index in [1.165, 1.54) is 0 Å². The van der Waals surface area contributed by atoms with Crippen LogP contribution in [0.1, 0.15) is 5.56 Å². The van der Waals surface area contributed by atoms with Crippen LogP contribution in [-0.4, -0.2) is 20.6 Å². The maximum atomic E-state index is 12.5. The molecule has 0 spiro atoms. The molecule has 0 atom stereocenters. The van der Waals surface area contributed by atoms with Crippen molar-refractivity contribution in [1.29, 1.82) is 0 Å². The quantitative estimate of drug-likeness (QED) is 0.718. The van der Waals surface area contributed by atoms with Gasteiger partial charge >= 0.3 is 5.97 Å². The van der Waals surface area contributed by atoms with Crippen LogP contribution >= 0.6 is 0 Å². The summed E-state index contributed by atoms with van der Waals surface area (Å²) < 4.78 is 1.84. The second kappa shape index (κ2) is 4.45. The molecule has 3 rings (SSSR count). The van der Waals surface area contributed by atoms with Gasteiger partial charge in [-0.2, -0.15) is 0 Å². The van der Waals surface area contributed by atoms with Crippen molar-refractivity contribution in [2.75, 3.05) is 0 Å². The van der Waals surface area contributed by atoms with Crippen LogP contribution in [0.4, 0.5) is 0 Å².